The molecule has 3 aromatic rings. The number of pyridine rings is 1. The quantitative estimate of drug-likeness (QED) is 0.392. The van der Waals surface area contributed by atoms with Gasteiger partial charge in [-0.1, -0.05) is 6.07 Å². The Balaban J connectivity index is 1.32. The fraction of sp³-hybridized carbons (Fsp3) is 0.417. The van der Waals surface area contributed by atoms with Gasteiger partial charge in [-0.05, 0) is 55.8 Å². The molecule has 1 aliphatic rings. The number of piperazine rings is 1. The van der Waals surface area contributed by atoms with E-state index in [2.05, 4.69) is 49.6 Å². The predicted molar refractivity (Wildman–Crippen MR) is 129 cm³/mol. The summed E-state index contributed by atoms with van der Waals surface area (Å²) < 4.78 is 13.6. The molecular formula is C24H32FN7. The molecule has 0 aliphatic carbocycles. The predicted octanol–water partition coefficient (Wildman–Crippen LogP) is 2.75. The molecule has 0 amide bonds. The minimum atomic E-state index is -0.214. The normalized spacial score (nSPS) is 15.3. The zero-order valence-electron chi connectivity index (χ0n) is 18.9. The largest absolute Gasteiger partial charge is 0.361 e. The van der Waals surface area contributed by atoms with Crippen LogP contribution in [0, 0.1) is 5.82 Å². The molecule has 0 radical (unpaired) electrons. The van der Waals surface area contributed by atoms with Gasteiger partial charge in [0.1, 0.15) is 11.6 Å². The standard InChI is InChI=1S/C24H32FN7/c1-3-26-24(27-9-8-19-17-28-22-6-5-20(25)14-21(19)22)30-16-18-4-7-23(29-15-18)32-12-10-31(2)11-13-32/h4-7,14-15,17,28H,3,8-13,16H2,1-2H3,(H2,26,27,30). The number of likely N-dealkylation sites (N-methyl/N-ethyl adjacent to an activating group) is 1. The molecular weight excluding hydrogens is 405 g/mol. The lowest BCUT2D eigenvalue weighted by Gasteiger charge is -2.33. The summed E-state index contributed by atoms with van der Waals surface area (Å²) in [6, 6.07) is 9.03. The number of aromatic amines is 1. The third-order valence-electron chi connectivity index (χ3n) is 5.82. The van der Waals surface area contributed by atoms with Gasteiger partial charge in [-0.25, -0.2) is 14.4 Å². The Morgan fingerprint density at radius 1 is 1.16 bits per heavy atom. The van der Waals surface area contributed by atoms with E-state index in [0.29, 0.717) is 13.1 Å². The summed E-state index contributed by atoms with van der Waals surface area (Å²) in [7, 11) is 2.15. The minimum absolute atomic E-state index is 0.214. The number of nitrogens with one attached hydrogen (secondary N) is 3. The number of fused-ring (bicyclic) bond motifs is 1. The molecule has 1 aliphatic heterocycles. The Morgan fingerprint density at radius 3 is 2.75 bits per heavy atom. The summed E-state index contributed by atoms with van der Waals surface area (Å²) in [6.07, 6.45) is 4.64. The molecule has 4 rings (SSSR count). The number of guanidine groups is 1. The van der Waals surface area contributed by atoms with Gasteiger partial charge in [-0.15, -0.1) is 0 Å². The molecule has 8 heteroatoms. The molecule has 1 aromatic carbocycles. The van der Waals surface area contributed by atoms with Crippen molar-refractivity contribution in [1.29, 1.82) is 0 Å². The number of H-pyrrole nitrogens is 1. The summed E-state index contributed by atoms with van der Waals surface area (Å²) in [6.45, 7) is 8.26. The zero-order valence-corrected chi connectivity index (χ0v) is 18.9. The average Bonchev–Trinajstić information content (AvgIpc) is 3.20. The first kappa shape index (κ1) is 22.1. The topological polar surface area (TPSA) is 71.6 Å². The fourth-order valence-corrected chi connectivity index (χ4v) is 3.92. The van der Waals surface area contributed by atoms with E-state index in [0.717, 1.165) is 73.0 Å². The van der Waals surface area contributed by atoms with Crippen molar-refractivity contribution in [2.75, 3.05) is 51.2 Å². The van der Waals surface area contributed by atoms with Crippen molar-refractivity contribution in [1.82, 2.24) is 25.5 Å². The van der Waals surface area contributed by atoms with Crippen LogP contribution >= 0.6 is 0 Å². The van der Waals surface area contributed by atoms with E-state index in [9.17, 15) is 4.39 Å². The van der Waals surface area contributed by atoms with Crippen LogP contribution in [0.4, 0.5) is 10.2 Å². The molecule has 32 heavy (non-hydrogen) atoms. The van der Waals surface area contributed by atoms with Crippen LogP contribution in [0.5, 0.6) is 0 Å². The summed E-state index contributed by atoms with van der Waals surface area (Å²) in [5.41, 5.74) is 3.12. The molecule has 1 saturated heterocycles. The summed E-state index contributed by atoms with van der Waals surface area (Å²) in [4.78, 5) is 17.2. The van der Waals surface area contributed by atoms with Crippen molar-refractivity contribution in [2.45, 2.75) is 19.9 Å². The summed E-state index contributed by atoms with van der Waals surface area (Å²) >= 11 is 0. The van der Waals surface area contributed by atoms with Gasteiger partial charge in [0.25, 0.3) is 0 Å². The van der Waals surface area contributed by atoms with Gasteiger partial charge in [-0.2, -0.15) is 0 Å². The number of aromatic nitrogens is 2. The second kappa shape index (κ2) is 10.5. The average molecular weight is 438 g/mol. The van der Waals surface area contributed by atoms with Gasteiger partial charge in [0, 0.05) is 62.6 Å². The van der Waals surface area contributed by atoms with Crippen molar-refractivity contribution in [2.24, 2.45) is 4.99 Å². The first-order valence-corrected chi connectivity index (χ1v) is 11.3. The number of halogens is 1. The van der Waals surface area contributed by atoms with E-state index in [-0.39, 0.29) is 5.82 Å². The van der Waals surface area contributed by atoms with Crippen LogP contribution < -0.4 is 15.5 Å². The van der Waals surface area contributed by atoms with E-state index in [1.54, 1.807) is 12.1 Å². The van der Waals surface area contributed by atoms with E-state index in [1.165, 1.54) is 6.07 Å². The van der Waals surface area contributed by atoms with Gasteiger partial charge in [0.15, 0.2) is 5.96 Å². The third kappa shape index (κ3) is 5.56. The van der Waals surface area contributed by atoms with Gasteiger partial charge >= 0.3 is 0 Å². The zero-order chi connectivity index (χ0) is 22.3. The van der Waals surface area contributed by atoms with E-state index >= 15 is 0 Å². The van der Waals surface area contributed by atoms with Gasteiger partial charge in [0.05, 0.1) is 6.54 Å². The summed E-state index contributed by atoms with van der Waals surface area (Å²) in [5, 5.41) is 7.59. The maximum atomic E-state index is 13.6. The van der Waals surface area contributed by atoms with Crippen LogP contribution in [0.25, 0.3) is 10.9 Å². The molecule has 7 nitrogen and oxygen atoms in total. The van der Waals surface area contributed by atoms with Crippen molar-refractivity contribution >= 4 is 22.7 Å². The van der Waals surface area contributed by atoms with Crippen molar-refractivity contribution in [3.63, 3.8) is 0 Å². The van der Waals surface area contributed by atoms with Crippen molar-refractivity contribution < 1.29 is 4.39 Å². The molecule has 0 spiro atoms. The smallest absolute Gasteiger partial charge is 0.191 e. The molecule has 0 saturated carbocycles. The van der Waals surface area contributed by atoms with Crippen LogP contribution in [0.15, 0.2) is 47.7 Å². The molecule has 170 valence electrons. The number of hydrogen-bond donors (Lipinski definition) is 3. The Morgan fingerprint density at radius 2 is 2.00 bits per heavy atom. The van der Waals surface area contributed by atoms with Crippen LogP contribution in [-0.2, 0) is 13.0 Å². The summed E-state index contributed by atoms with van der Waals surface area (Å²) in [5.74, 6) is 1.58. The molecule has 1 fully saturated rings. The van der Waals surface area contributed by atoms with Crippen molar-refractivity contribution in [3.8, 4) is 0 Å². The SMILES string of the molecule is CCNC(=NCc1ccc(N2CCN(C)CC2)nc1)NCCc1c[nH]c2ccc(F)cc12. The molecule has 3 heterocycles. The first-order chi connectivity index (χ1) is 15.6. The molecule has 0 unspecified atom stereocenters. The van der Waals surface area contributed by atoms with Gasteiger partial charge in [0.2, 0.25) is 0 Å². The highest BCUT2D eigenvalue weighted by atomic mass is 19.1. The monoisotopic (exact) mass is 437 g/mol. The minimum Gasteiger partial charge on any atom is -0.361 e. The van der Waals surface area contributed by atoms with Crippen molar-refractivity contribution in [3.05, 3.63) is 59.7 Å². The number of hydrogen-bond acceptors (Lipinski definition) is 4. The van der Waals surface area contributed by atoms with Crippen LogP contribution in [0.1, 0.15) is 18.1 Å². The Bertz CT molecular complexity index is 1040. The van der Waals surface area contributed by atoms with E-state index < -0.39 is 0 Å². The maximum absolute atomic E-state index is 13.6. The Labute approximate surface area is 188 Å². The van der Waals surface area contributed by atoms with Crippen LogP contribution in [0.3, 0.4) is 0 Å². The number of anilines is 1. The van der Waals surface area contributed by atoms with Gasteiger partial charge < -0.3 is 25.4 Å². The molecule has 2 aromatic heterocycles. The Kier molecular flexibility index (Phi) is 7.21. The third-order valence-corrected chi connectivity index (χ3v) is 5.82. The van der Waals surface area contributed by atoms with Crippen LogP contribution in [-0.4, -0.2) is 67.1 Å². The lowest BCUT2D eigenvalue weighted by molar-refractivity contribution is 0.312. The number of rotatable bonds is 7. The number of aliphatic imine (C=N–C) groups is 1. The van der Waals surface area contributed by atoms with E-state index in [1.807, 2.05) is 19.3 Å². The highest BCUT2D eigenvalue weighted by Gasteiger charge is 2.15. The fourth-order valence-electron chi connectivity index (χ4n) is 3.92. The number of nitrogens with zero attached hydrogens (tertiary/aromatic N) is 4. The first-order valence-electron chi connectivity index (χ1n) is 11.3. The lowest BCUT2D eigenvalue weighted by Crippen LogP contribution is -2.44. The second-order valence-electron chi connectivity index (χ2n) is 8.19. The molecule has 3 N–H and O–H groups in total. The van der Waals surface area contributed by atoms with Crippen LogP contribution in [0.2, 0.25) is 0 Å². The lowest BCUT2D eigenvalue weighted by atomic mass is 10.1. The second-order valence-corrected chi connectivity index (χ2v) is 8.19. The van der Waals surface area contributed by atoms with Gasteiger partial charge in [-0.3, -0.25) is 0 Å². The number of benzene rings is 1. The highest BCUT2D eigenvalue weighted by molar-refractivity contribution is 5.83. The maximum Gasteiger partial charge on any atom is 0.191 e. The van der Waals surface area contributed by atoms with E-state index in [4.69, 9.17) is 4.99 Å². The Hall–Kier alpha value is -3.13. The highest BCUT2D eigenvalue weighted by Crippen LogP contribution is 2.19. The molecule has 0 atom stereocenters. The molecule has 0 bridgehead atoms.